The van der Waals surface area contributed by atoms with Crippen molar-refractivity contribution < 1.29 is 17.6 Å². The van der Waals surface area contributed by atoms with Gasteiger partial charge < -0.3 is 4.57 Å². The van der Waals surface area contributed by atoms with Gasteiger partial charge >= 0.3 is 6.18 Å². The zero-order valence-electron chi connectivity index (χ0n) is 9.44. The van der Waals surface area contributed by atoms with E-state index >= 15 is 0 Å². The Kier molecular flexibility index (Phi) is 4.06. The minimum Gasteiger partial charge on any atom is -0.327 e. The summed E-state index contributed by atoms with van der Waals surface area (Å²) < 4.78 is 51.8. The zero-order chi connectivity index (χ0) is 14.2. The van der Waals surface area contributed by atoms with Gasteiger partial charge in [-0.1, -0.05) is 0 Å². The highest BCUT2D eigenvalue weighted by atomic mass is 79.9. The van der Waals surface area contributed by atoms with E-state index in [2.05, 4.69) is 20.9 Å². The van der Waals surface area contributed by atoms with Crippen molar-refractivity contribution in [2.75, 3.05) is 0 Å². The number of nitrogens with zero attached hydrogens (tertiary/aromatic N) is 2. The molecule has 0 aliphatic carbocycles. The van der Waals surface area contributed by atoms with E-state index in [1.165, 1.54) is 16.7 Å². The minimum absolute atomic E-state index is 0.0359. The first-order valence-corrected chi connectivity index (χ1v) is 6.61. The summed E-state index contributed by atoms with van der Waals surface area (Å²) >= 11 is 8.66. The smallest absolute Gasteiger partial charge is 0.327 e. The summed E-state index contributed by atoms with van der Waals surface area (Å²) in [6.07, 6.45) is -5.26. The first kappa shape index (κ1) is 14.6. The Balaban J connectivity index is 2.48. The molecule has 0 saturated carbocycles. The molecular formula is C11H8BrClF4N2. The Labute approximate surface area is 119 Å². The third kappa shape index (κ3) is 3.20. The van der Waals surface area contributed by atoms with Crippen LogP contribution >= 0.6 is 27.5 Å². The van der Waals surface area contributed by atoms with Crippen LogP contribution in [0.4, 0.5) is 17.6 Å². The maximum atomic E-state index is 13.4. The highest BCUT2D eigenvalue weighted by Gasteiger charge is 2.27. The lowest BCUT2D eigenvalue weighted by molar-refractivity contribution is -0.136. The van der Waals surface area contributed by atoms with E-state index in [4.69, 9.17) is 11.6 Å². The average Bonchev–Trinajstić information content (AvgIpc) is 2.63. The predicted octanol–water partition coefficient (Wildman–Crippen LogP) is 4.63. The molecule has 0 aliphatic rings. The van der Waals surface area contributed by atoms with Crippen LogP contribution in [0.2, 0.25) is 0 Å². The number of alkyl halides is 4. The highest BCUT2D eigenvalue weighted by molar-refractivity contribution is 9.10. The molecule has 0 amide bonds. The van der Waals surface area contributed by atoms with Gasteiger partial charge in [-0.3, -0.25) is 0 Å². The van der Waals surface area contributed by atoms with E-state index < -0.39 is 18.4 Å². The number of aryl methyl sites for hydroxylation is 1. The number of fused-ring (bicyclic) bond motifs is 1. The lowest BCUT2D eigenvalue weighted by Gasteiger charge is -2.10. The van der Waals surface area contributed by atoms with Gasteiger partial charge in [0, 0.05) is 12.6 Å². The molecule has 0 saturated heterocycles. The summed E-state index contributed by atoms with van der Waals surface area (Å²) in [6.45, 7) is -0.292. The Bertz CT molecular complexity index is 609. The lowest BCUT2D eigenvalue weighted by Crippen LogP contribution is -2.13. The lowest BCUT2D eigenvalue weighted by atomic mass is 10.3. The minimum atomic E-state index is -4.27. The van der Waals surface area contributed by atoms with E-state index in [0.29, 0.717) is 16.9 Å². The second kappa shape index (κ2) is 5.28. The molecule has 104 valence electrons. The monoisotopic (exact) mass is 358 g/mol. The maximum Gasteiger partial charge on any atom is 0.390 e. The SMILES string of the molecule is Fc1cc2nc(CCl)n(CCC(F)(F)F)c2cc1Br. The van der Waals surface area contributed by atoms with Gasteiger partial charge in [-0.2, -0.15) is 13.2 Å². The van der Waals surface area contributed by atoms with Gasteiger partial charge in [0.05, 0.1) is 27.8 Å². The molecule has 0 bridgehead atoms. The third-order valence-corrected chi connectivity index (χ3v) is 3.45. The third-order valence-electron chi connectivity index (χ3n) is 2.61. The van der Waals surface area contributed by atoms with Crippen LogP contribution in [0.5, 0.6) is 0 Å². The molecule has 2 nitrogen and oxygen atoms in total. The van der Waals surface area contributed by atoms with Crippen LogP contribution in [-0.4, -0.2) is 15.7 Å². The number of hydrogen-bond acceptors (Lipinski definition) is 1. The predicted molar refractivity (Wildman–Crippen MR) is 67.6 cm³/mol. The standard InChI is InChI=1S/C11H8BrClF4N2/c12-6-3-9-8(4-7(6)14)18-10(5-13)19(9)2-1-11(15,16)17/h3-4H,1-2,5H2. The molecule has 0 unspecified atom stereocenters. The molecule has 0 N–H and O–H groups in total. The number of rotatable bonds is 3. The van der Waals surface area contributed by atoms with Crippen LogP contribution in [0.3, 0.4) is 0 Å². The molecular weight excluding hydrogens is 351 g/mol. The summed E-state index contributed by atoms with van der Waals surface area (Å²) in [5.41, 5.74) is 0.715. The molecule has 1 heterocycles. The van der Waals surface area contributed by atoms with Crippen LogP contribution in [0, 0.1) is 5.82 Å². The van der Waals surface area contributed by atoms with Gasteiger partial charge in [-0.15, -0.1) is 11.6 Å². The largest absolute Gasteiger partial charge is 0.390 e. The van der Waals surface area contributed by atoms with Crippen LogP contribution in [0.1, 0.15) is 12.2 Å². The molecule has 8 heteroatoms. The van der Waals surface area contributed by atoms with Crippen molar-refractivity contribution >= 4 is 38.6 Å². The summed E-state index contributed by atoms with van der Waals surface area (Å²) in [5, 5.41) is 0. The molecule has 0 aliphatic heterocycles. The number of benzene rings is 1. The Morgan fingerprint density at radius 3 is 2.58 bits per heavy atom. The fourth-order valence-corrected chi connectivity index (χ4v) is 2.30. The molecule has 1 aromatic carbocycles. The molecule has 0 atom stereocenters. The van der Waals surface area contributed by atoms with Gasteiger partial charge in [0.2, 0.25) is 0 Å². The number of hydrogen-bond donors (Lipinski definition) is 0. The Morgan fingerprint density at radius 2 is 2.00 bits per heavy atom. The topological polar surface area (TPSA) is 17.8 Å². The Morgan fingerprint density at radius 1 is 1.32 bits per heavy atom. The van der Waals surface area contributed by atoms with E-state index in [0.717, 1.165) is 0 Å². The van der Waals surface area contributed by atoms with E-state index in [1.807, 2.05) is 0 Å². The zero-order valence-corrected chi connectivity index (χ0v) is 11.8. The quantitative estimate of drug-likeness (QED) is 0.577. The van der Waals surface area contributed by atoms with Crippen molar-refractivity contribution in [2.45, 2.75) is 25.0 Å². The first-order chi connectivity index (χ1) is 8.81. The molecule has 2 rings (SSSR count). The van der Waals surface area contributed by atoms with Crippen molar-refractivity contribution in [1.29, 1.82) is 0 Å². The molecule has 19 heavy (non-hydrogen) atoms. The molecule has 0 radical (unpaired) electrons. The average molecular weight is 360 g/mol. The molecule has 0 spiro atoms. The summed E-state index contributed by atoms with van der Waals surface area (Å²) in [5.74, 6) is -0.265. The van der Waals surface area contributed by atoms with Gasteiger partial charge in [-0.05, 0) is 22.0 Å². The summed E-state index contributed by atoms with van der Waals surface area (Å²) in [7, 11) is 0. The molecule has 1 aromatic heterocycles. The van der Waals surface area contributed by atoms with Crippen molar-refractivity contribution in [3.05, 3.63) is 28.2 Å². The fraction of sp³-hybridized carbons (Fsp3) is 0.364. The van der Waals surface area contributed by atoms with Gasteiger partial charge in [0.25, 0.3) is 0 Å². The molecule has 0 fully saturated rings. The second-order valence-electron chi connectivity index (χ2n) is 3.93. The Hall–Kier alpha value is -0.820. The van der Waals surface area contributed by atoms with Crippen molar-refractivity contribution in [3.8, 4) is 0 Å². The number of halogens is 6. The fourth-order valence-electron chi connectivity index (χ4n) is 1.76. The van der Waals surface area contributed by atoms with Crippen LogP contribution in [0.15, 0.2) is 16.6 Å². The van der Waals surface area contributed by atoms with Crippen LogP contribution < -0.4 is 0 Å². The van der Waals surface area contributed by atoms with Crippen molar-refractivity contribution in [1.82, 2.24) is 9.55 Å². The number of aromatic nitrogens is 2. The van der Waals surface area contributed by atoms with Crippen molar-refractivity contribution in [2.24, 2.45) is 0 Å². The second-order valence-corrected chi connectivity index (χ2v) is 5.06. The van der Waals surface area contributed by atoms with Crippen molar-refractivity contribution in [3.63, 3.8) is 0 Å². The van der Waals surface area contributed by atoms with Crippen LogP contribution in [-0.2, 0) is 12.4 Å². The number of imidazole rings is 1. The normalized spacial score (nSPS) is 12.3. The highest BCUT2D eigenvalue weighted by Crippen LogP contribution is 2.27. The van der Waals surface area contributed by atoms with Crippen LogP contribution in [0.25, 0.3) is 11.0 Å². The van der Waals surface area contributed by atoms with Gasteiger partial charge in [0.1, 0.15) is 11.6 Å². The van der Waals surface area contributed by atoms with E-state index in [1.54, 1.807) is 0 Å². The van der Waals surface area contributed by atoms with Gasteiger partial charge in [-0.25, -0.2) is 9.37 Å². The van der Waals surface area contributed by atoms with E-state index in [9.17, 15) is 17.6 Å². The first-order valence-electron chi connectivity index (χ1n) is 5.28. The summed E-state index contributed by atoms with van der Waals surface area (Å²) in [6, 6.07) is 2.57. The van der Waals surface area contributed by atoms with Gasteiger partial charge in [0.15, 0.2) is 0 Å². The maximum absolute atomic E-state index is 13.4. The van der Waals surface area contributed by atoms with E-state index in [-0.39, 0.29) is 16.9 Å². The summed E-state index contributed by atoms with van der Waals surface area (Å²) in [4.78, 5) is 4.04. The molecule has 2 aromatic rings.